The van der Waals surface area contributed by atoms with E-state index in [4.69, 9.17) is 27.9 Å². The average Bonchev–Trinajstić information content (AvgIpc) is 2.33. The highest BCUT2D eigenvalue weighted by molar-refractivity contribution is 6.32. The van der Waals surface area contributed by atoms with E-state index in [-0.39, 0.29) is 0 Å². The van der Waals surface area contributed by atoms with Crippen LogP contribution in [0.2, 0.25) is 5.02 Å². The fraction of sp³-hybridized carbons (Fsp3) is 0.214. The summed E-state index contributed by atoms with van der Waals surface area (Å²) in [4.78, 5) is 4.34. The molecule has 2 aromatic rings. The molecule has 0 bridgehead atoms. The van der Waals surface area contributed by atoms with Crippen LogP contribution in [0.4, 0.5) is 0 Å². The number of aryl methyl sites for hydroxylation is 2. The molecule has 1 heterocycles. The minimum absolute atomic E-state index is 0.449. The van der Waals surface area contributed by atoms with Crippen molar-refractivity contribution in [1.29, 1.82) is 0 Å². The van der Waals surface area contributed by atoms with E-state index in [0.717, 1.165) is 16.8 Å². The smallest absolute Gasteiger partial charge is 0.219 e. The van der Waals surface area contributed by atoms with Crippen molar-refractivity contribution in [3.05, 3.63) is 52.2 Å². The van der Waals surface area contributed by atoms with Gasteiger partial charge in [0.25, 0.3) is 0 Å². The minimum atomic E-state index is 0.449. The van der Waals surface area contributed by atoms with Crippen LogP contribution in [0.15, 0.2) is 30.3 Å². The first kappa shape index (κ1) is 13.2. The highest BCUT2D eigenvalue weighted by Crippen LogP contribution is 2.29. The Kier molecular flexibility index (Phi) is 4.10. The average molecular weight is 282 g/mol. The third-order valence-corrected chi connectivity index (χ3v) is 3.20. The molecular weight excluding hydrogens is 269 g/mol. The van der Waals surface area contributed by atoms with Gasteiger partial charge in [-0.3, -0.25) is 0 Å². The van der Waals surface area contributed by atoms with Gasteiger partial charge in [-0.25, -0.2) is 4.98 Å². The second-order valence-corrected chi connectivity index (χ2v) is 4.74. The number of aromatic nitrogens is 1. The Morgan fingerprint density at radius 3 is 2.56 bits per heavy atom. The molecule has 4 heteroatoms. The summed E-state index contributed by atoms with van der Waals surface area (Å²) < 4.78 is 5.66. The lowest BCUT2D eigenvalue weighted by Gasteiger charge is -2.09. The molecule has 0 radical (unpaired) electrons. The van der Waals surface area contributed by atoms with Crippen molar-refractivity contribution in [3.63, 3.8) is 0 Å². The molecule has 2 nitrogen and oxygen atoms in total. The van der Waals surface area contributed by atoms with Crippen molar-refractivity contribution >= 4 is 23.2 Å². The summed E-state index contributed by atoms with van der Waals surface area (Å²) in [5.41, 5.74) is 2.96. The van der Waals surface area contributed by atoms with Crippen molar-refractivity contribution in [3.8, 4) is 11.6 Å². The van der Waals surface area contributed by atoms with E-state index in [1.165, 1.54) is 0 Å². The summed E-state index contributed by atoms with van der Waals surface area (Å²) in [5, 5.41) is 0.580. The van der Waals surface area contributed by atoms with Crippen molar-refractivity contribution < 1.29 is 4.74 Å². The highest BCUT2D eigenvalue weighted by atomic mass is 35.5. The largest absolute Gasteiger partial charge is 0.437 e. The van der Waals surface area contributed by atoms with Gasteiger partial charge in [0.1, 0.15) is 5.75 Å². The quantitative estimate of drug-likeness (QED) is 0.748. The Morgan fingerprint density at radius 2 is 1.94 bits per heavy atom. The zero-order valence-corrected chi connectivity index (χ0v) is 11.7. The van der Waals surface area contributed by atoms with Gasteiger partial charge in [0.2, 0.25) is 5.88 Å². The predicted octanol–water partition coefficient (Wildman–Crippen LogP) is 4.88. The molecule has 1 aromatic carbocycles. The van der Waals surface area contributed by atoms with Gasteiger partial charge in [0.15, 0.2) is 0 Å². The Labute approximate surface area is 117 Å². The highest BCUT2D eigenvalue weighted by Gasteiger charge is 2.06. The second-order valence-electron chi connectivity index (χ2n) is 4.06. The zero-order valence-electron chi connectivity index (χ0n) is 10.2. The van der Waals surface area contributed by atoms with Gasteiger partial charge in [-0.15, -0.1) is 11.6 Å². The number of hydrogen-bond acceptors (Lipinski definition) is 2. The first-order chi connectivity index (χ1) is 8.60. The second kappa shape index (κ2) is 5.59. The number of ether oxygens (including phenoxy) is 1. The summed E-state index contributed by atoms with van der Waals surface area (Å²) in [6.45, 7) is 3.88. The van der Waals surface area contributed by atoms with Gasteiger partial charge in [-0.1, -0.05) is 23.7 Å². The first-order valence-corrected chi connectivity index (χ1v) is 6.48. The van der Waals surface area contributed by atoms with Crippen LogP contribution in [-0.2, 0) is 5.88 Å². The Hall–Kier alpha value is -1.25. The Morgan fingerprint density at radius 1 is 1.17 bits per heavy atom. The van der Waals surface area contributed by atoms with Crippen molar-refractivity contribution in [2.45, 2.75) is 19.7 Å². The van der Waals surface area contributed by atoms with E-state index >= 15 is 0 Å². The van der Waals surface area contributed by atoms with E-state index < -0.39 is 0 Å². The van der Waals surface area contributed by atoms with Gasteiger partial charge in [0, 0.05) is 17.6 Å². The number of hydrogen-bond donors (Lipinski definition) is 0. The van der Waals surface area contributed by atoms with Gasteiger partial charge in [-0.05, 0) is 37.1 Å². The van der Waals surface area contributed by atoms with Crippen molar-refractivity contribution in [2.75, 3.05) is 0 Å². The molecule has 0 saturated heterocycles. The molecule has 0 amide bonds. The van der Waals surface area contributed by atoms with Gasteiger partial charge in [-0.2, -0.15) is 0 Å². The lowest BCUT2D eigenvalue weighted by molar-refractivity contribution is 0.461. The minimum Gasteiger partial charge on any atom is -0.437 e. The number of benzene rings is 1. The summed E-state index contributed by atoms with van der Waals surface area (Å²) >= 11 is 11.9. The molecule has 18 heavy (non-hydrogen) atoms. The van der Waals surface area contributed by atoms with Gasteiger partial charge < -0.3 is 4.74 Å². The maximum absolute atomic E-state index is 6.10. The zero-order chi connectivity index (χ0) is 13.1. The van der Waals surface area contributed by atoms with Crippen LogP contribution in [0.1, 0.15) is 16.8 Å². The molecule has 0 saturated carbocycles. The van der Waals surface area contributed by atoms with E-state index in [9.17, 15) is 0 Å². The van der Waals surface area contributed by atoms with Crippen LogP contribution in [0.25, 0.3) is 0 Å². The lowest BCUT2D eigenvalue weighted by Crippen LogP contribution is -1.94. The van der Waals surface area contributed by atoms with E-state index in [1.807, 2.05) is 38.1 Å². The molecule has 0 unspecified atom stereocenters. The maximum Gasteiger partial charge on any atom is 0.219 e. The monoisotopic (exact) mass is 281 g/mol. The van der Waals surface area contributed by atoms with Crippen LogP contribution in [0, 0.1) is 13.8 Å². The molecule has 0 aliphatic heterocycles. The Bertz CT molecular complexity index is 570. The van der Waals surface area contributed by atoms with Crippen LogP contribution in [0.5, 0.6) is 11.6 Å². The molecule has 0 spiro atoms. The van der Waals surface area contributed by atoms with E-state index in [2.05, 4.69) is 4.98 Å². The molecule has 94 valence electrons. The molecule has 0 fully saturated rings. The first-order valence-electron chi connectivity index (χ1n) is 5.56. The number of nitrogens with zero attached hydrogens (tertiary/aromatic N) is 1. The number of rotatable bonds is 3. The van der Waals surface area contributed by atoms with Gasteiger partial charge in [0.05, 0.1) is 5.02 Å². The van der Waals surface area contributed by atoms with Crippen molar-refractivity contribution in [1.82, 2.24) is 4.98 Å². The normalized spacial score (nSPS) is 10.4. The maximum atomic E-state index is 6.10. The number of alkyl halides is 1. The molecule has 0 aliphatic carbocycles. The van der Waals surface area contributed by atoms with Gasteiger partial charge >= 0.3 is 0 Å². The molecule has 0 atom stereocenters. The number of pyridine rings is 1. The van der Waals surface area contributed by atoms with Crippen molar-refractivity contribution in [2.24, 2.45) is 0 Å². The van der Waals surface area contributed by atoms with Crippen LogP contribution in [-0.4, -0.2) is 4.98 Å². The summed E-state index contributed by atoms with van der Waals surface area (Å²) in [6.07, 6.45) is 0. The molecule has 1 aromatic heterocycles. The van der Waals surface area contributed by atoms with Crippen LogP contribution in [0.3, 0.4) is 0 Å². The topological polar surface area (TPSA) is 22.1 Å². The summed E-state index contributed by atoms with van der Waals surface area (Å²) in [6, 6.07) is 9.34. The number of halogens is 2. The molecule has 2 rings (SSSR count). The SMILES string of the molecule is Cc1ccc(Oc2ccc(CCl)c(C)n2)c(Cl)c1. The fourth-order valence-corrected chi connectivity index (χ4v) is 2.12. The standard InChI is InChI=1S/C14H13Cl2NO/c1-9-3-5-13(12(16)7-9)18-14-6-4-11(8-15)10(2)17-14/h3-7H,8H2,1-2H3. The van der Waals surface area contributed by atoms with E-state index in [0.29, 0.717) is 22.5 Å². The Balaban J connectivity index is 2.26. The molecule has 0 N–H and O–H groups in total. The predicted molar refractivity (Wildman–Crippen MR) is 74.8 cm³/mol. The molecular formula is C14H13Cl2NO. The summed E-state index contributed by atoms with van der Waals surface area (Å²) in [7, 11) is 0. The van der Waals surface area contributed by atoms with Crippen LogP contribution >= 0.6 is 23.2 Å². The molecule has 0 aliphatic rings. The third kappa shape index (κ3) is 2.95. The lowest BCUT2D eigenvalue weighted by atomic mass is 10.2. The third-order valence-electron chi connectivity index (χ3n) is 2.62. The fourth-order valence-electron chi connectivity index (χ4n) is 1.57. The van der Waals surface area contributed by atoms with Crippen LogP contribution < -0.4 is 4.74 Å². The summed E-state index contributed by atoms with van der Waals surface area (Å²) in [5.74, 6) is 1.57. The van der Waals surface area contributed by atoms with E-state index in [1.54, 1.807) is 6.07 Å².